The van der Waals surface area contributed by atoms with Gasteiger partial charge in [0.15, 0.2) is 0 Å². The number of aromatic nitrogens is 2. The Bertz CT molecular complexity index is 950. The Morgan fingerprint density at radius 1 is 1.00 bits per heavy atom. The molecule has 1 aromatic heterocycles. The second-order valence-electron chi connectivity index (χ2n) is 7.44. The number of fused-ring (bicyclic) bond motifs is 1. The van der Waals surface area contributed by atoms with Gasteiger partial charge in [0, 0.05) is 13.1 Å². The van der Waals surface area contributed by atoms with E-state index in [9.17, 15) is 9.18 Å². The van der Waals surface area contributed by atoms with Crippen molar-refractivity contribution in [3.8, 4) is 0 Å². The molecular formula is C24H30FN3O. The zero-order valence-electron chi connectivity index (χ0n) is 17.4. The molecule has 0 N–H and O–H groups in total. The molecule has 154 valence electrons. The lowest BCUT2D eigenvalue weighted by molar-refractivity contribution is 0.0729. The monoisotopic (exact) mass is 395 g/mol. The van der Waals surface area contributed by atoms with Gasteiger partial charge in [-0.15, -0.1) is 0 Å². The highest BCUT2D eigenvalue weighted by molar-refractivity contribution is 5.94. The molecule has 0 aliphatic heterocycles. The zero-order valence-corrected chi connectivity index (χ0v) is 17.4. The first kappa shape index (κ1) is 21.0. The minimum absolute atomic E-state index is 0.125. The van der Waals surface area contributed by atoms with Crippen molar-refractivity contribution in [2.75, 3.05) is 6.54 Å². The zero-order chi connectivity index (χ0) is 20.6. The van der Waals surface area contributed by atoms with E-state index in [2.05, 4.69) is 24.5 Å². The maximum atomic E-state index is 14.3. The number of hydrogen-bond donors (Lipinski definition) is 0. The smallest absolute Gasteiger partial charge is 0.257 e. The highest BCUT2D eigenvalue weighted by atomic mass is 19.1. The Labute approximate surface area is 172 Å². The van der Waals surface area contributed by atoms with E-state index in [1.807, 2.05) is 18.2 Å². The summed E-state index contributed by atoms with van der Waals surface area (Å²) in [7, 11) is 0. The number of carbonyl (C=O) groups excluding carboxylic acids is 1. The number of aryl methyl sites for hydroxylation is 1. The molecule has 5 heteroatoms. The van der Waals surface area contributed by atoms with E-state index in [-0.39, 0.29) is 11.5 Å². The van der Waals surface area contributed by atoms with Crippen LogP contribution in [0, 0.1) is 5.82 Å². The summed E-state index contributed by atoms with van der Waals surface area (Å²) in [5.74, 6) is 0.117. The van der Waals surface area contributed by atoms with Crippen LogP contribution in [-0.2, 0) is 13.1 Å². The van der Waals surface area contributed by atoms with Crippen molar-refractivity contribution >= 4 is 16.9 Å². The third-order valence-electron chi connectivity index (χ3n) is 5.22. The molecule has 29 heavy (non-hydrogen) atoms. The third kappa shape index (κ3) is 5.03. The number of para-hydroxylation sites is 2. The summed E-state index contributed by atoms with van der Waals surface area (Å²) >= 11 is 0. The highest BCUT2D eigenvalue weighted by Gasteiger charge is 2.21. The Hall–Kier alpha value is -2.69. The molecule has 0 radical (unpaired) electrons. The SMILES string of the molecule is CCCCCN(Cc1nc2ccccc2n1CCCC)C(=O)c1ccccc1F. The van der Waals surface area contributed by atoms with Crippen molar-refractivity contribution in [3.63, 3.8) is 0 Å². The molecule has 3 rings (SSSR count). The van der Waals surface area contributed by atoms with Gasteiger partial charge in [0.25, 0.3) is 5.91 Å². The Morgan fingerprint density at radius 3 is 2.48 bits per heavy atom. The van der Waals surface area contributed by atoms with Gasteiger partial charge in [-0.2, -0.15) is 0 Å². The van der Waals surface area contributed by atoms with E-state index in [0.717, 1.165) is 55.5 Å². The topological polar surface area (TPSA) is 38.1 Å². The summed E-state index contributed by atoms with van der Waals surface area (Å²) in [6.07, 6.45) is 5.13. The van der Waals surface area contributed by atoms with Crippen molar-refractivity contribution in [2.24, 2.45) is 0 Å². The number of halogens is 1. The lowest BCUT2D eigenvalue weighted by Crippen LogP contribution is -2.33. The fourth-order valence-corrected chi connectivity index (χ4v) is 3.59. The van der Waals surface area contributed by atoms with Crippen LogP contribution in [0.4, 0.5) is 4.39 Å². The lowest BCUT2D eigenvalue weighted by atomic mass is 10.1. The molecule has 0 fully saturated rings. The fraction of sp³-hybridized carbons (Fsp3) is 0.417. The van der Waals surface area contributed by atoms with E-state index in [4.69, 9.17) is 4.98 Å². The molecule has 0 aliphatic carbocycles. The van der Waals surface area contributed by atoms with Crippen molar-refractivity contribution < 1.29 is 9.18 Å². The average molecular weight is 396 g/mol. The molecular weight excluding hydrogens is 365 g/mol. The van der Waals surface area contributed by atoms with E-state index >= 15 is 0 Å². The molecule has 1 amide bonds. The molecule has 4 nitrogen and oxygen atoms in total. The number of unbranched alkanes of at least 4 members (excludes halogenated alkanes) is 3. The van der Waals surface area contributed by atoms with Crippen molar-refractivity contribution in [1.29, 1.82) is 0 Å². The predicted molar refractivity (Wildman–Crippen MR) is 115 cm³/mol. The van der Waals surface area contributed by atoms with Gasteiger partial charge in [0.2, 0.25) is 0 Å². The maximum absolute atomic E-state index is 14.3. The number of nitrogens with zero attached hydrogens (tertiary/aromatic N) is 3. The Kier molecular flexibility index (Phi) is 7.39. The molecule has 0 saturated carbocycles. The summed E-state index contributed by atoms with van der Waals surface area (Å²) in [6.45, 7) is 6.14. The second-order valence-corrected chi connectivity index (χ2v) is 7.44. The Balaban J connectivity index is 1.93. The number of imidazole rings is 1. The van der Waals surface area contributed by atoms with Crippen LogP contribution in [0.1, 0.15) is 62.1 Å². The highest BCUT2D eigenvalue weighted by Crippen LogP contribution is 2.20. The van der Waals surface area contributed by atoms with E-state index in [0.29, 0.717) is 13.1 Å². The predicted octanol–water partition coefficient (Wildman–Crippen LogP) is 5.81. The van der Waals surface area contributed by atoms with Crippen molar-refractivity contribution in [1.82, 2.24) is 14.5 Å². The third-order valence-corrected chi connectivity index (χ3v) is 5.22. The molecule has 0 spiro atoms. The normalized spacial score (nSPS) is 11.1. The Morgan fingerprint density at radius 2 is 1.72 bits per heavy atom. The van der Waals surface area contributed by atoms with Gasteiger partial charge < -0.3 is 9.47 Å². The van der Waals surface area contributed by atoms with E-state index in [1.54, 1.807) is 23.1 Å². The van der Waals surface area contributed by atoms with Crippen LogP contribution in [0.25, 0.3) is 11.0 Å². The van der Waals surface area contributed by atoms with Gasteiger partial charge in [0.1, 0.15) is 11.6 Å². The molecule has 0 atom stereocenters. The van der Waals surface area contributed by atoms with Crippen molar-refractivity contribution in [3.05, 3.63) is 65.7 Å². The first-order valence-electron chi connectivity index (χ1n) is 10.6. The largest absolute Gasteiger partial charge is 0.331 e. The minimum Gasteiger partial charge on any atom is -0.331 e. The summed E-state index contributed by atoms with van der Waals surface area (Å²) in [5.41, 5.74) is 2.15. The minimum atomic E-state index is -0.475. The average Bonchev–Trinajstić information content (AvgIpc) is 3.08. The van der Waals surface area contributed by atoms with Crippen LogP contribution in [0.15, 0.2) is 48.5 Å². The number of rotatable bonds is 10. The first-order chi connectivity index (χ1) is 14.2. The van der Waals surface area contributed by atoms with E-state index < -0.39 is 5.82 Å². The summed E-state index contributed by atoms with van der Waals surface area (Å²) in [4.78, 5) is 19.7. The molecule has 1 heterocycles. The molecule has 0 unspecified atom stereocenters. The van der Waals surface area contributed by atoms with Crippen LogP contribution in [0.5, 0.6) is 0 Å². The molecule has 0 saturated heterocycles. The van der Waals surface area contributed by atoms with Crippen LogP contribution in [-0.4, -0.2) is 26.9 Å². The summed E-state index contributed by atoms with van der Waals surface area (Å²) < 4.78 is 16.5. The van der Waals surface area contributed by atoms with Gasteiger partial charge in [-0.05, 0) is 37.1 Å². The molecule has 0 bridgehead atoms. The number of carbonyl (C=O) groups is 1. The first-order valence-corrected chi connectivity index (χ1v) is 10.6. The van der Waals surface area contributed by atoms with Gasteiger partial charge >= 0.3 is 0 Å². The molecule has 3 aromatic rings. The fourth-order valence-electron chi connectivity index (χ4n) is 3.59. The summed E-state index contributed by atoms with van der Waals surface area (Å²) in [6, 6.07) is 14.3. The van der Waals surface area contributed by atoms with Gasteiger partial charge in [-0.25, -0.2) is 9.37 Å². The van der Waals surface area contributed by atoms with Gasteiger partial charge in [-0.3, -0.25) is 4.79 Å². The second kappa shape index (κ2) is 10.2. The standard InChI is InChI=1S/C24H30FN3O/c1-3-5-11-16-27(24(29)19-12-7-8-13-20(19)25)18-23-26-21-14-9-10-15-22(21)28(23)17-6-4-2/h7-10,12-15H,3-6,11,16-18H2,1-2H3. The summed E-state index contributed by atoms with van der Waals surface area (Å²) in [5, 5.41) is 0. The van der Waals surface area contributed by atoms with Crippen LogP contribution in [0.3, 0.4) is 0 Å². The number of amides is 1. The lowest BCUT2D eigenvalue weighted by Gasteiger charge is -2.23. The van der Waals surface area contributed by atoms with Gasteiger partial charge in [-0.1, -0.05) is 57.4 Å². The van der Waals surface area contributed by atoms with Crippen molar-refractivity contribution in [2.45, 2.75) is 59.0 Å². The van der Waals surface area contributed by atoms with Crippen LogP contribution in [0.2, 0.25) is 0 Å². The molecule has 0 aliphatic rings. The number of benzene rings is 2. The van der Waals surface area contributed by atoms with Crippen LogP contribution < -0.4 is 0 Å². The molecule has 2 aromatic carbocycles. The van der Waals surface area contributed by atoms with Gasteiger partial charge in [0.05, 0.1) is 23.1 Å². The number of hydrogen-bond acceptors (Lipinski definition) is 2. The van der Waals surface area contributed by atoms with E-state index in [1.165, 1.54) is 6.07 Å². The quantitative estimate of drug-likeness (QED) is 0.406. The maximum Gasteiger partial charge on any atom is 0.257 e. The van der Waals surface area contributed by atoms with Crippen LogP contribution >= 0.6 is 0 Å².